The van der Waals surface area contributed by atoms with E-state index in [2.05, 4.69) is 5.32 Å². The van der Waals surface area contributed by atoms with Crippen LogP contribution in [0, 0.1) is 0 Å². The lowest BCUT2D eigenvalue weighted by Crippen LogP contribution is -2.44. The minimum Gasteiger partial charge on any atom is -0.396 e. The second kappa shape index (κ2) is 9.06. The van der Waals surface area contributed by atoms with Crippen LogP contribution in [0.3, 0.4) is 0 Å². The van der Waals surface area contributed by atoms with Gasteiger partial charge < -0.3 is 25.6 Å². The summed E-state index contributed by atoms with van der Waals surface area (Å²) < 4.78 is 10.2. The Morgan fingerprint density at radius 1 is 1.33 bits per heavy atom. The van der Waals surface area contributed by atoms with Crippen molar-refractivity contribution in [2.75, 3.05) is 27.4 Å². The third kappa shape index (κ3) is 6.81. The summed E-state index contributed by atoms with van der Waals surface area (Å²) in [4.78, 5) is 0. The average molecular weight is 220 g/mol. The van der Waals surface area contributed by atoms with E-state index < -0.39 is 0 Å². The third-order valence-corrected chi connectivity index (χ3v) is 2.37. The van der Waals surface area contributed by atoms with Crippen molar-refractivity contribution in [3.05, 3.63) is 0 Å². The number of nitrogens with one attached hydrogen (secondary N) is 1. The first kappa shape index (κ1) is 14.8. The fourth-order valence-electron chi connectivity index (χ4n) is 1.43. The Labute approximate surface area is 91.9 Å². The molecule has 0 saturated carbocycles. The van der Waals surface area contributed by atoms with Gasteiger partial charge in [0.15, 0.2) is 6.29 Å². The van der Waals surface area contributed by atoms with Crippen LogP contribution in [0.2, 0.25) is 0 Å². The van der Waals surface area contributed by atoms with Crippen LogP contribution in [0.15, 0.2) is 0 Å². The van der Waals surface area contributed by atoms with Crippen LogP contribution >= 0.6 is 0 Å². The fraction of sp³-hybridized carbons (Fsp3) is 1.00. The van der Waals surface area contributed by atoms with Crippen molar-refractivity contribution in [1.29, 1.82) is 0 Å². The second-order valence-electron chi connectivity index (χ2n) is 3.65. The van der Waals surface area contributed by atoms with Crippen molar-refractivity contribution in [3.8, 4) is 0 Å². The highest BCUT2D eigenvalue weighted by atomic mass is 16.7. The van der Waals surface area contributed by atoms with Gasteiger partial charge in [0.05, 0.1) is 0 Å². The molecule has 15 heavy (non-hydrogen) atoms. The highest BCUT2D eigenvalue weighted by molar-refractivity contribution is 4.73. The topological polar surface area (TPSA) is 76.7 Å². The van der Waals surface area contributed by atoms with Gasteiger partial charge in [-0.05, 0) is 13.3 Å². The minimum atomic E-state index is -0.229. The quantitative estimate of drug-likeness (QED) is 0.464. The monoisotopic (exact) mass is 220 g/mol. The smallest absolute Gasteiger partial charge is 0.158 e. The number of methoxy groups -OCH3 is 2. The molecule has 0 bridgehead atoms. The van der Waals surface area contributed by atoms with Crippen LogP contribution in [0.4, 0.5) is 0 Å². The molecule has 2 unspecified atom stereocenters. The lowest BCUT2D eigenvalue weighted by Gasteiger charge is -2.24. The number of rotatable bonds is 9. The molecule has 0 aromatic heterocycles. The number of aliphatic hydroxyl groups excluding tert-OH is 1. The van der Waals surface area contributed by atoms with Crippen molar-refractivity contribution in [2.24, 2.45) is 5.73 Å². The van der Waals surface area contributed by atoms with Crippen LogP contribution in [0.1, 0.15) is 19.8 Å². The zero-order chi connectivity index (χ0) is 11.7. The van der Waals surface area contributed by atoms with E-state index in [1.54, 1.807) is 14.2 Å². The van der Waals surface area contributed by atoms with Gasteiger partial charge in [0, 0.05) is 45.9 Å². The Hall–Kier alpha value is -0.200. The van der Waals surface area contributed by atoms with E-state index in [4.69, 9.17) is 20.3 Å². The first-order valence-electron chi connectivity index (χ1n) is 5.30. The molecule has 0 aliphatic rings. The molecule has 0 amide bonds. The molecule has 5 nitrogen and oxygen atoms in total. The number of hydrogen-bond donors (Lipinski definition) is 3. The molecule has 0 rings (SSSR count). The Kier molecular flexibility index (Phi) is 8.94. The van der Waals surface area contributed by atoms with Crippen molar-refractivity contribution >= 4 is 0 Å². The number of nitrogens with two attached hydrogens (primary N) is 1. The summed E-state index contributed by atoms with van der Waals surface area (Å²) in [6.07, 6.45) is 1.20. The SMILES string of the molecule is COC(CC(CN)NC(C)CCO)OC. The Bertz CT molecular complexity index is 143. The molecule has 5 heteroatoms. The second-order valence-corrected chi connectivity index (χ2v) is 3.65. The molecule has 0 aromatic rings. The highest BCUT2D eigenvalue weighted by Crippen LogP contribution is 2.04. The van der Waals surface area contributed by atoms with E-state index >= 15 is 0 Å². The molecule has 2 atom stereocenters. The Balaban J connectivity index is 3.90. The van der Waals surface area contributed by atoms with Gasteiger partial charge in [0.1, 0.15) is 0 Å². The predicted octanol–water partition coefficient (Wildman–Crippen LogP) is -0.317. The predicted molar refractivity (Wildman–Crippen MR) is 59.6 cm³/mol. The number of hydrogen-bond acceptors (Lipinski definition) is 5. The van der Waals surface area contributed by atoms with E-state index in [9.17, 15) is 0 Å². The minimum absolute atomic E-state index is 0.149. The molecule has 0 saturated heterocycles. The van der Waals surface area contributed by atoms with Crippen LogP contribution in [0.25, 0.3) is 0 Å². The summed E-state index contributed by atoms with van der Waals surface area (Å²) in [6.45, 7) is 2.73. The summed E-state index contributed by atoms with van der Waals surface area (Å²) in [5.74, 6) is 0. The zero-order valence-electron chi connectivity index (χ0n) is 9.90. The number of aliphatic hydroxyl groups is 1. The van der Waals surface area contributed by atoms with Gasteiger partial charge in [-0.3, -0.25) is 0 Å². The summed E-state index contributed by atoms with van der Waals surface area (Å²) in [7, 11) is 3.22. The molecule has 0 aromatic carbocycles. The molecule has 0 aliphatic carbocycles. The lowest BCUT2D eigenvalue weighted by molar-refractivity contribution is -0.110. The van der Waals surface area contributed by atoms with E-state index in [1.165, 1.54) is 0 Å². The van der Waals surface area contributed by atoms with Crippen molar-refractivity contribution < 1.29 is 14.6 Å². The average Bonchev–Trinajstić information content (AvgIpc) is 2.24. The van der Waals surface area contributed by atoms with Crippen LogP contribution in [0.5, 0.6) is 0 Å². The van der Waals surface area contributed by atoms with Gasteiger partial charge in [0.25, 0.3) is 0 Å². The molecule has 0 radical (unpaired) electrons. The Morgan fingerprint density at radius 3 is 2.33 bits per heavy atom. The van der Waals surface area contributed by atoms with Gasteiger partial charge in [-0.1, -0.05) is 0 Å². The largest absolute Gasteiger partial charge is 0.396 e. The maximum absolute atomic E-state index is 8.78. The highest BCUT2D eigenvalue weighted by Gasteiger charge is 2.15. The van der Waals surface area contributed by atoms with Gasteiger partial charge in [-0.2, -0.15) is 0 Å². The van der Waals surface area contributed by atoms with E-state index in [0.717, 1.165) is 6.42 Å². The maximum Gasteiger partial charge on any atom is 0.158 e. The third-order valence-electron chi connectivity index (χ3n) is 2.37. The van der Waals surface area contributed by atoms with Gasteiger partial charge in [0.2, 0.25) is 0 Å². The normalized spacial score (nSPS) is 15.6. The van der Waals surface area contributed by atoms with Gasteiger partial charge in [-0.15, -0.1) is 0 Å². The van der Waals surface area contributed by atoms with Crippen LogP contribution < -0.4 is 11.1 Å². The standard InChI is InChI=1S/C10H24N2O3/c1-8(4-5-13)12-9(7-11)6-10(14-2)15-3/h8-10,12-13H,4-7,11H2,1-3H3. The number of ether oxygens (including phenoxy) is 2. The maximum atomic E-state index is 8.78. The van der Waals surface area contributed by atoms with E-state index in [0.29, 0.717) is 13.0 Å². The summed E-state index contributed by atoms with van der Waals surface area (Å²) in [5, 5.41) is 12.1. The van der Waals surface area contributed by atoms with Crippen molar-refractivity contribution in [1.82, 2.24) is 5.32 Å². The first-order valence-corrected chi connectivity index (χ1v) is 5.30. The van der Waals surface area contributed by atoms with E-state index in [1.807, 2.05) is 6.92 Å². The van der Waals surface area contributed by atoms with Crippen molar-refractivity contribution in [2.45, 2.75) is 38.1 Å². The summed E-state index contributed by atoms with van der Waals surface area (Å²) in [6, 6.07) is 0.398. The summed E-state index contributed by atoms with van der Waals surface area (Å²) >= 11 is 0. The first-order chi connectivity index (χ1) is 7.17. The molecule has 92 valence electrons. The van der Waals surface area contributed by atoms with Crippen molar-refractivity contribution in [3.63, 3.8) is 0 Å². The van der Waals surface area contributed by atoms with Crippen LogP contribution in [-0.2, 0) is 9.47 Å². The van der Waals surface area contributed by atoms with Crippen LogP contribution in [-0.4, -0.2) is 50.9 Å². The molecule has 4 N–H and O–H groups in total. The Morgan fingerprint density at radius 2 is 1.93 bits per heavy atom. The summed E-state index contributed by atoms with van der Waals surface area (Å²) in [5.41, 5.74) is 5.64. The van der Waals surface area contributed by atoms with Gasteiger partial charge in [-0.25, -0.2) is 0 Å². The lowest BCUT2D eigenvalue weighted by atomic mass is 10.1. The molecular formula is C10H24N2O3. The fourth-order valence-corrected chi connectivity index (χ4v) is 1.43. The zero-order valence-corrected chi connectivity index (χ0v) is 9.90. The molecule has 0 fully saturated rings. The van der Waals surface area contributed by atoms with E-state index in [-0.39, 0.29) is 25.0 Å². The van der Waals surface area contributed by atoms with Gasteiger partial charge >= 0.3 is 0 Å². The molecule has 0 heterocycles. The molecule has 0 aliphatic heterocycles. The molecule has 0 spiro atoms. The molecular weight excluding hydrogens is 196 g/mol.